The lowest BCUT2D eigenvalue weighted by molar-refractivity contribution is 0.435. The van der Waals surface area contributed by atoms with Crippen molar-refractivity contribution in [1.82, 2.24) is 0 Å². The first-order valence-electron chi connectivity index (χ1n) is 4.95. The first kappa shape index (κ1) is 11.5. The number of rotatable bonds is 2. The lowest BCUT2D eigenvalue weighted by Crippen LogP contribution is -1.92. The van der Waals surface area contributed by atoms with Gasteiger partial charge in [0.05, 0.1) is 0 Å². The van der Waals surface area contributed by atoms with Crippen molar-refractivity contribution in [1.29, 1.82) is 0 Å². The molecule has 1 nitrogen and oxygen atoms in total. The van der Waals surface area contributed by atoms with Crippen LogP contribution in [0.1, 0.15) is 5.56 Å². The Morgan fingerprint density at radius 1 is 0.882 bits per heavy atom. The number of benzene rings is 2. The predicted molar refractivity (Wildman–Crippen MR) is 57.6 cm³/mol. The van der Waals surface area contributed by atoms with E-state index in [4.69, 9.17) is 4.74 Å². The number of ether oxygens (including phenoxy) is 1. The Morgan fingerprint density at radius 3 is 2.18 bits per heavy atom. The Labute approximate surface area is 96.5 Å². The summed E-state index contributed by atoms with van der Waals surface area (Å²) in [7, 11) is 0. The highest BCUT2D eigenvalue weighted by Gasteiger charge is 2.09. The maximum Gasteiger partial charge on any atom is 0.168 e. The molecule has 88 valence electrons. The van der Waals surface area contributed by atoms with E-state index in [0.717, 1.165) is 6.07 Å². The van der Waals surface area contributed by atoms with Gasteiger partial charge >= 0.3 is 0 Å². The van der Waals surface area contributed by atoms with Gasteiger partial charge in [-0.05, 0) is 42.8 Å². The van der Waals surface area contributed by atoms with Crippen molar-refractivity contribution in [3.05, 3.63) is 59.4 Å². The van der Waals surface area contributed by atoms with Crippen molar-refractivity contribution in [2.45, 2.75) is 6.92 Å². The summed E-state index contributed by atoms with van der Waals surface area (Å²) in [5, 5.41) is 0. The molecule has 0 atom stereocenters. The van der Waals surface area contributed by atoms with E-state index in [0.29, 0.717) is 0 Å². The molecule has 2 aromatic rings. The zero-order chi connectivity index (χ0) is 12.4. The molecule has 0 amide bonds. The molecule has 2 rings (SSSR count). The monoisotopic (exact) mass is 238 g/mol. The van der Waals surface area contributed by atoms with Crippen LogP contribution < -0.4 is 4.74 Å². The molecular weight excluding hydrogens is 229 g/mol. The fourth-order valence-corrected chi connectivity index (χ4v) is 1.34. The molecule has 0 saturated heterocycles. The van der Waals surface area contributed by atoms with Gasteiger partial charge in [-0.3, -0.25) is 0 Å². The summed E-state index contributed by atoms with van der Waals surface area (Å²) >= 11 is 0. The van der Waals surface area contributed by atoms with Crippen LogP contribution in [0.25, 0.3) is 0 Å². The summed E-state index contributed by atoms with van der Waals surface area (Å²) in [5.74, 6) is -1.63. The lowest BCUT2D eigenvalue weighted by Gasteiger charge is -2.08. The quantitative estimate of drug-likeness (QED) is 0.761. The van der Waals surface area contributed by atoms with E-state index in [1.54, 1.807) is 0 Å². The molecule has 17 heavy (non-hydrogen) atoms. The molecule has 0 radical (unpaired) electrons. The first-order valence-corrected chi connectivity index (χ1v) is 4.95. The van der Waals surface area contributed by atoms with Crippen molar-refractivity contribution < 1.29 is 17.9 Å². The van der Waals surface area contributed by atoms with Crippen molar-refractivity contribution >= 4 is 0 Å². The van der Waals surface area contributed by atoms with Gasteiger partial charge in [0, 0.05) is 6.07 Å². The molecule has 0 aliphatic rings. The minimum atomic E-state index is -0.794. The van der Waals surface area contributed by atoms with Gasteiger partial charge < -0.3 is 4.74 Å². The Bertz CT molecular complexity index is 535. The van der Waals surface area contributed by atoms with Crippen LogP contribution in [0, 0.1) is 24.4 Å². The van der Waals surface area contributed by atoms with Gasteiger partial charge in [0.2, 0.25) is 0 Å². The Kier molecular flexibility index (Phi) is 3.04. The SMILES string of the molecule is Cc1cc(Oc2ccc(F)cc2)c(F)cc1F. The van der Waals surface area contributed by atoms with Gasteiger partial charge in [0.1, 0.15) is 17.4 Å². The second-order valence-electron chi connectivity index (χ2n) is 3.59. The summed E-state index contributed by atoms with van der Waals surface area (Å²) in [6.45, 7) is 1.51. The fraction of sp³-hybridized carbons (Fsp3) is 0.0769. The normalized spacial score (nSPS) is 10.4. The first-order chi connectivity index (χ1) is 8.06. The van der Waals surface area contributed by atoms with E-state index < -0.39 is 17.5 Å². The molecule has 0 unspecified atom stereocenters. The molecule has 0 aliphatic carbocycles. The van der Waals surface area contributed by atoms with Crippen LogP contribution in [0.3, 0.4) is 0 Å². The number of aryl methyl sites for hydroxylation is 1. The van der Waals surface area contributed by atoms with Crippen LogP contribution in [0.2, 0.25) is 0 Å². The van der Waals surface area contributed by atoms with E-state index >= 15 is 0 Å². The van der Waals surface area contributed by atoms with E-state index in [2.05, 4.69) is 0 Å². The van der Waals surface area contributed by atoms with Crippen LogP contribution in [0.15, 0.2) is 36.4 Å². The molecular formula is C13H9F3O. The zero-order valence-electron chi connectivity index (χ0n) is 9.01. The highest BCUT2D eigenvalue weighted by molar-refractivity contribution is 5.35. The van der Waals surface area contributed by atoms with E-state index in [1.807, 2.05) is 0 Å². The molecule has 0 heterocycles. The number of hydrogen-bond donors (Lipinski definition) is 0. The molecule has 0 fully saturated rings. The van der Waals surface area contributed by atoms with Crippen LogP contribution in [0.5, 0.6) is 11.5 Å². The molecule has 0 bridgehead atoms. The minimum absolute atomic E-state index is 0.0875. The lowest BCUT2D eigenvalue weighted by atomic mass is 10.2. The van der Waals surface area contributed by atoms with Gasteiger partial charge in [0.15, 0.2) is 11.6 Å². The molecule has 0 aromatic heterocycles. The van der Waals surface area contributed by atoms with Crippen molar-refractivity contribution in [2.75, 3.05) is 0 Å². The smallest absolute Gasteiger partial charge is 0.168 e. The number of hydrogen-bond acceptors (Lipinski definition) is 1. The second-order valence-corrected chi connectivity index (χ2v) is 3.59. The summed E-state index contributed by atoms with van der Waals surface area (Å²) in [6.07, 6.45) is 0. The van der Waals surface area contributed by atoms with Crippen molar-refractivity contribution in [2.24, 2.45) is 0 Å². The second kappa shape index (κ2) is 4.49. The molecule has 2 aromatic carbocycles. The van der Waals surface area contributed by atoms with Gasteiger partial charge in [-0.1, -0.05) is 0 Å². The largest absolute Gasteiger partial charge is 0.454 e. The maximum absolute atomic E-state index is 13.4. The Morgan fingerprint density at radius 2 is 1.53 bits per heavy atom. The van der Waals surface area contributed by atoms with Crippen LogP contribution in [-0.2, 0) is 0 Å². The van der Waals surface area contributed by atoms with Gasteiger partial charge in [0.25, 0.3) is 0 Å². The summed E-state index contributed by atoms with van der Waals surface area (Å²) in [6, 6.07) is 7.15. The third kappa shape index (κ3) is 2.58. The van der Waals surface area contributed by atoms with Gasteiger partial charge in [-0.2, -0.15) is 0 Å². The Hall–Kier alpha value is -1.97. The van der Waals surface area contributed by atoms with E-state index in [-0.39, 0.29) is 17.1 Å². The predicted octanol–water partition coefficient (Wildman–Crippen LogP) is 4.20. The van der Waals surface area contributed by atoms with E-state index in [1.165, 1.54) is 37.3 Å². The van der Waals surface area contributed by atoms with Crippen LogP contribution >= 0.6 is 0 Å². The van der Waals surface area contributed by atoms with Gasteiger partial charge in [-0.25, -0.2) is 13.2 Å². The molecule has 0 N–H and O–H groups in total. The van der Waals surface area contributed by atoms with Crippen LogP contribution in [0.4, 0.5) is 13.2 Å². The average molecular weight is 238 g/mol. The van der Waals surface area contributed by atoms with E-state index in [9.17, 15) is 13.2 Å². The summed E-state index contributed by atoms with van der Waals surface area (Å²) < 4.78 is 44.2. The number of halogens is 3. The molecule has 4 heteroatoms. The third-order valence-corrected chi connectivity index (χ3v) is 2.25. The zero-order valence-corrected chi connectivity index (χ0v) is 9.01. The molecule has 0 saturated carbocycles. The van der Waals surface area contributed by atoms with Crippen molar-refractivity contribution in [3.63, 3.8) is 0 Å². The third-order valence-electron chi connectivity index (χ3n) is 2.25. The summed E-state index contributed by atoms with van der Waals surface area (Å²) in [5.41, 5.74) is 0.281. The van der Waals surface area contributed by atoms with Gasteiger partial charge in [-0.15, -0.1) is 0 Å². The van der Waals surface area contributed by atoms with Crippen LogP contribution in [-0.4, -0.2) is 0 Å². The minimum Gasteiger partial charge on any atom is -0.454 e. The standard InChI is InChI=1S/C13H9F3O/c1-8-6-13(12(16)7-11(8)15)17-10-4-2-9(14)3-5-10/h2-7H,1H3. The average Bonchev–Trinajstić information content (AvgIpc) is 2.29. The maximum atomic E-state index is 13.4. The fourth-order valence-electron chi connectivity index (χ4n) is 1.34. The highest BCUT2D eigenvalue weighted by atomic mass is 19.1. The summed E-state index contributed by atoms with van der Waals surface area (Å²) in [4.78, 5) is 0. The van der Waals surface area contributed by atoms with Crippen molar-refractivity contribution in [3.8, 4) is 11.5 Å². The molecule has 0 aliphatic heterocycles. The Balaban J connectivity index is 2.30. The molecule has 0 spiro atoms. The topological polar surface area (TPSA) is 9.23 Å². The highest BCUT2D eigenvalue weighted by Crippen LogP contribution is 2.26.